The van der Waals surface area contributed by atoms with E-state index in [1.807, 2.05) is 0 Å². The zero-order valence-electron chi connectivity index (χ0n) is 9.57. The van der Waals surface area contributed by atoms with Crippen LogP contribution < -0.4 is 0 Å². The van der Waals surface area contributed by atoms with Crippen LogP contribution in [-0.2, 0) is 11.3 Å². The van der Waals surface area contributed by atoms with Crippen LogP contribution in [0.25, 0.3) is 0 Å². The molecule has 1 aromatic carbocycles. The first-order valence-corrected chi connectivity index (χ1v) is 5.55. The Balaban J connectivity index is 2.49. The fourth-order valence-corrected chi connectivity index (χ4v) is 1.43. The zero-order chi connectivity index (χ0) is 11.1. The number of aliphatic hydroxyl groups is 1. The van der Waals surface area contributed by atoms with Crippen molar-refractivity contribution in [2.75, 3.05) is 13.2 Å². The molecule has 0 spiro atoms. The lowest BCUT2D eigenvalue weighted by atomic mass is 9.98. The van der Waals surface area contributed by atoms with E-state index >= 15 is 0 Å². The monoisotopic (exact) mass is 208 g/mol. The lowest BCUT2D eigenvalue weighted by Crippen LogP contribution is -1.99. The van der Waals surface area contributed by atoms with Gasteiger partial charge in [-0.3, -0.25) is 0 Å². The van der Waals surface area contributed by atoms with Crippen molar-refractivity contribution in [1.29, 1.82) is 0 Å². The van der Waals surface area contributed by atoms with Gasteiger partial charge in [0.25, 0.3) is 0 Å². The molecule has 0 amide bonds. The third-order valence-electron chi connectivity index (χ3n) is 2.67. The van der Waals surface area contributed by atoms with Gasteiger partial charge in [-0.25, -0.2) is 0 Å². The standard InChI is InChI=1S/C13H20O2/c1-3-11(2)13-6-4-12(5-7-13)10-15-9-8-14/h4-7,11,14H,3,8-10H2,1-2H3. The van der Waals surface area contributed by atoms with Gasteiger partial charge in [0.2, 0.25) is 0 Å². The maximum absolute atomic E-state index is 8.57. The van der Waals surface area contributed by atoms with Gasteiger partial charge >= 0.3 is 0 Å². The first-order valence-electron chi connectivity index (χ1n) is 5.55. The van der Waals surface area contributed by atoms with Crippen LogP contribution in [0.5, 0.6) is 0 Å². The summed E-state index contributed by atoms with van der Waals surface area (Å²) in [5.41, 5.74) is 2.54. The second-order valence-corrected chi connectivity index (χ2v) is 3.83. The molecule has 0 bridgehead atoms. The Labute approximate surface area is 91.9 Å². The first-order chi connectivity index (χ1) is 7.27. The van der Waals surface area contributed by atoms with E-state index in [2.05, 4.69) is 38.1 Å². The number of aliphatic hydroxyl groups excluding tert-OH is 1. The summed E-state index contributed by atoms with van der Waals surface area (Å²) in [7, 11) is 0. The fraction of sp³-hybridized carbons (Fsp3) is 0.538. The Hall–Kier alpha value is -0.860. The number of hydrogen-bond donors (Lipinski definition) is 1. The van der Waals surface area contributed by atoms with Crippen molar-refractivity contribution in [1.82, 2.24) is 0 Å². The molecule has 0 heterocycles. The minimum absolute atomic E-state index is 0.0882. The van der Waals surface area contributed by atoms with Crippen LogP contribution in [0.3, 0.4) is 0 Å². The molecular weight excluding hydrogens is 188 g/mol. The molecule has 0 aromatic heterocycles. The maximum atomic E-state index is 8.57. The van der Waals surface area contributed by atoms with Crippen LogP contribution in [0, 0.1) is 0 Å². The average Bonchev–Trinajstić information content (AvgIpc) is 2.29. The van der Waals surface area contributed by atoms with Crippen molar-refractivity contribution in [3.05, 3.63) is 35.4 Å². The van der Waals surface area contributed by atoms with E-state index < -0.39 is 0 Å². The molecule has 0 fully saturated rings. The summed E-state index contributed by atoms with van der Waals surface area (Å²) in [4.78, 5) is 0. The highest BCUT2D eigenvalue weighted by molar-refractivity contribution is 5.24. The summed E-state index contributed by atoms with van der Waals surface area (Å²) < 4.78 is 5.25. The molecule has 2 nitrogen and oxygen atoms in total. The summed E-state index contributed by atoms with van der Waals surface area (Å²) >= 11 is 0. The molecule has 2 heteroatoms. The van der Waals surface area contributed by atoms with Gasteiger partial charge in [0, 0.05) is 0 Å². The Kier molecular flexibility index (Phi) is 5.37. The molecule has 0 saturated carbocycles. The molecule has 84 valence electrons. The number of hydrogen-bond acceptors (Lipinski definition) is 2. The highest BCUT2D eigenvalue weighted by atomic mass is 16.5. The third kappa shape index (κ3) is 4.02. The molecule has 0 aliphatic carbocycles. The van der Waals surface area contributed by atoms with E-state index in [4.69, 9.17) is 9.84 Å². The fourth-order valence-electron chi connectivity index (χ4n) is 1.43. The second-order valence-electron chi connectivity index (χ2n) is 3.83. The lowest BCUT2D eigenvalue weighted by molar-refractivity contribution is 0.0815. The summed E-state index contributed by atoms with van der Waals surface area (Å²) in [5, 5.41) is 8.57. The highest BCUT2D eigenvalue weighted by Crippen LogP contribution is 2.18. The molecule has 1 rings (SSSR count). The average molecular weight is 208 g/mol. The van der Waals surface area contributed by atoms with Gasteiger partial charge in [0.15, 0.2) is 0 Å². The van der Waals surface area contributed by atoms with Crippen LogP contribution in [0.15, 0.2) is 24.3 Å². The highest BCUT2D eigenvalue weighted by Gasteiger charge is 2.02. The molecule has 1 unspecified atom stereocenters. The number of rotatable bonds is 6. The third-order valence-corrected chi connectivity index (χ3v) is 2.67. The van der Waals surface area contributed by atoms with E-state index in [0.29, 0.717) is 19.1 Å². The minimum atomic E-state index is 0.0882. The molecule has 0 aliphatic rings. The maximum Gasteiger partial charge on any atom is 0.0718 e. The van der Waals surface area contributed by atoms with Crippen LogP contribution >= 0.6 is 0 Å². The van der Waals surface area contributed by atoms with E-state index in [1.165, 1.54) is 12.0 Å². The van der Waals surface area contributed by atoms with Gasteiger partial charge in [-0.15, -0.1) is 0 Å². The molecule has 0 radical (unpaired) electrons. The molecule has 15 heavy (non-hydrogen) atoms. The largest absolute Gasteiger partial charge is 0.394 e. The van der Waals surface area contributed by atoms with Gasteiger partial charge in [-0.2, -0.15) is 0 Å². The van der Waals surface area contributed by atoms with Gasteiger partial charge in [-0.05, 0) is 23.5 Å². The molecule has 0 aliphatic heterocycles. The summed E-state index contributed by atoms with van der Waals surface area (Å²) in [6, 6.07) is 8.51. The van der Waals surface area contributed by atoms with E-state index in [0.717, 1.165) is 5.56 Å². The van der Waals surface area contributed by atoms with Gasteiger partial charge in [-0.1, -0.05) is 38.1 Å². The minimum Gasteiger partial charge on any atom is -0.394 e. The Morgan fingerprint density at radius 3 is 2.47 bits per heavy atom. The van der Waals surface area contributed by atoms with Gasteiger partial charge < -0.3 is 9.84 Å². The van der Waals surface area contributed by atoms with E-state index in [1.54, 1.807) is 0 Å². The lowest BCUT2D eigenvalue weighted by Gasteiger charge is -2.09. The molecule has 1 aromatic rings. The van der Waals surface area contributed by atoms with Crippen molar-refractivity contribution in [3.8, 4) is 0 Å². The topological polar surface area (TPSA) is 29.5 Å². The van der Waals surface area contributed by atoms with Crippen LogP contribution in [0.4, 0.5) is 0 Å². The molecule has 1 atom stereocenters. The van der Waals surface area contributed by atoms with E-state index in [-0.39, 0.29) is 6.61 Å². The van der Waals surface area contributed by atoms with Crippen molar-refractivity contribution in [2.45, 2.75) is 32.8 Å². The van der Waals surface area contributed by atoms with Crippen LogP contribution in [-0.4, -0.2) is 18.3 Å². The predicted molar refractivity (Wildman–Crippen MR) is 61.9 cm³/mol. The van der Waals surface area contributed by atoms with Crippen LogP contribution in [0.2, 0.25) is 0 Å². The Bertz CT molecular complexity index is 266. The smallest absolute Gasteiger partial charge is 0.0718 e. The Morgan fingerprint density at radius 1 is 1.27 bits per heavy atom. The molecule has 0 saturated heterocycles. The number of benzene rings is 1. The second kappa shape index (κ2) is 6.59. The predicted octanol–water partition coefficient (Wildman–Crippen LogP) is 2.71. The summed E-state index contributed by atoms with van der Waals surface area (Å²) in [6.07, 6.45) is 1.17. The SMILES string of the molecule is CCC(C)c1ccc(COCCO)cc1. The Morgan fingerprint density at radius 2 is 1.93 bits per heavy atom. The summed E-state index contributed by atoms with van der Waals surface area (Å²) in [5.74, 6) is 0.623. The van der Waals surface area contributed by atoms with Crippen molar-refractivity contribution < 1.29 is 9.84 Å². The molecule has 1 N–H and O–H groups in total. The summed E-state index contributed by atoms with van der Waals surface area (Å²) in [6.45, 7) is 5.51. The van der Waals surface area contributed by atoms with E-state index in [9.17, 15) is 0 Å². The van der Waals surface area contributed by atoms with Gasteiger partial charge in [0.05, 0.1) is 19.8 Å². The number of ether oxygens (including phenoxy) is 1. The molecular formula is C13H20O2. The quantitative estimate of drug-likeness (QED) is 0.728. The van der Waals surface area contributed by atoms with Crippen molar-refractivity contribution in [2.24, 2.45) is 0 Å². The van der Waals surface area contributed by atoms with Crippen molar-refractivity contribution in [3.63, 3.8) is 0 Å². The first kappa shape index (κ1) is 12.2. The zero-order valence-corrected chi connectivity index (χ0v) is 9.57. The van der Waals surface area contributed by atoms with Crippen molar-refractivity contribution >= 4 is 0 Å². The van der Waals surface area contributed by atoms with Crippen LogP contribution in [0.1, 0.15) is 37.3 Å². The normalized spacial score (nSPS) is 12.7. The van der Waals surface area contributed by atoms with Gasteiger partial charge in [0.1, 0.15) is 0 Å².